The molecule has 0 aromatic carbocycles. The van der Waals surface area contributed by atoms with Gasteiger partial charge in [0.15, 0.2) is 0 Å². The monoisotopic (exact) mass is 278 g/mol. The molecule has 5 atom stereocenters. The van der Waals surface area contributed by atoms with Crippen LogP contribution in [0.1, 0.15) is 59.3 Å². The van der Waals surface area contributed by atoms with Gasteiger partial charge in [0.2, 0.25) is 0 Å². The molecule has 4 rings (SSSR count). The zero-order chi connectivity index (χ0) is 14.5. The Labute approximate surface area is 121 Å². The molecule has 3 nitrogen and oxygen atoms in total. The van der Waals surface area contributed by atoms with Crippen molar-refractivity contribution in [3.63, 3.8) is 0 Å². The third-order valence-corrected chi connectivity index (χ3v) is 6.15. The highest BCUT2D eigenvalue weighted by atomic mass is 16.5. The summed E-state index contributed by atoms with van der Waals surface area (Å²) in [5, 5.41) is 0. The highest BCUT2D eigenvalue weighted by Gasteiger charge is 2.50. The van der Waals surface area contributed by atoms with Gasteiger partial charge in [0.1, 0.15) is 11.9 Å². The van der Waals surface area contributed by atoms with Gasteiger partial charge in [-0.15, -0.1) is 0 Å². The Hall–Kier alpha value is -0.860. The van der Waals surface area contributed by atoms with Crippen LogP contribution in [0.25, 0.3) is 0 Å². The van der Waals surface area contributed by atoms with E-state index in [9.17, 15) is 9.59 Å². The van der Waals surface area contributed by atoms with E-state index in [1.807, 2.05) is 13.8 Å². The van der Waals surface area contributed by atoms with Gasteiger partial charge in [-0.3, -0.25) is 9.59 Å². The smallest absolute Gasteiger partial charge is 0.309 e. The molecule has 0 amide bonds. The molecule has 2 saturated heterocycles. The van der Waals surface area contributed by atoms with Crippen molar-refractivity contribution >= 4 is 11.8 Å². The molecule has 20 heavy (non-hydrogen) atoms. The molecular weight excluding hydrogens is 252 g/mol. The molecule has 2 aliphatic carbocycles. The van der Waals surface area contributed by atoms with Crippen LogP contribution in [0.15, 0.2) is 0 Å². The van der Waals surface area contributed by atoms with Crippen molar-refractivity contribution in [2.75, 3.05) is 0 Å². The predicted molar refractivity (Wildman–Crippen MR) is 76.0 cm³/mol. The number of carbonyl (C=O) groups excluding carboxylic acids is 2. The third kappa shape index (κ3) is 2.29. The summed E-state index contributed by atoms with van der Waals surface area (Å²) in [6, 6.07) is 0. The number of Topliss-reactive ketones (excluding diaryl/α,β-unsaturated/α-hetero) is 1. The van der Waals surface area contributed by atoms with Gasteiger partial charge in [0, 0.05) is 17.8 Å². The van der Waals surface area contributed by atoms with Crippen LogP contribution < -0.4 is 0 Å². The van der Waals surface area contributed by atoms with Crippen LogP contribution in [0.3, 0.4) is 0 Å². The van der Waals surface area contributed by atoms with E-state index in [1.165, 1.54) is 6.42 Å². The second-order valence-corrected chi connectivity index (χ2v) is 7.77. The third-order valence-electron chi connectivity index (χ3n) is 6.15. The number of hydrogen-bond acceptors (Lipinski definition) is 3. The van der Waals surface area contributed by atoms with Gasteiger partial charge < -0.3 is 4.74 Å². The van der Waals surface area contributed by atoms with E-state index in [2.05, 4.69) is 6.92 Å². The fourth-order valence-corrected chi connectivity index (χ4v) is 4.39. The summed E-state index contributed by atoms with van der Waals surface area (Å²) in [4.78, 5) is 24.6. The molecule has 2 aliphatic heterocycles. The maximum Gasteiger partial charge on any atom is 0.309 e. The second-order valence-electron chi connectivity index (χ2n) is 7.77. The average molecular weight is 278 g/mol. The number of hydrogen-bond donors (Lipinski definition) is 0. The topological polar surface area (TPSA) is 43.4 Å². The maximum atomic E-state index is 12.5. The molecule has 3 heteroatoms. The number of esters is 1. The van der Waals surface area contributed by atoms with Crippen molar-refractivity contribution in [3.05, 3.63) is 0 Å². The number of carbonyl (C=O) groups is 2. The Kier molecular flexibility index (Phi) is 3.42. The van der Waals surface area contributed by atoms with E-state index in [1.54, 1.807) is 0 Å². The van der Waals surface area contributed by atoms with Crippen LogP contribution in [0.2, 0.25) is 0 Å². The molecule has 2 heterocycles. The molecule has 112 valence electrons. The van der Waals surface area contributed by atoms with Crippen molar-refractivity contribution < 1.29 is 14.3 Å². The zero-order valence-electron chi connectivity index (χ0n) is 12.9. The lowest BCUT2D eigenvalue weighted by molar-refractivity contribution is -0.154. The van der Waals surface area contributed by atoms with Gasteiger partial charge in [-0.1, -0.05) is 20.8 Å². The van der Waals surface area contributed by atoms with Gasteiger partial charge in [-0.05, 0) is 43.9 Å². The first kappa shape index (κ1) is 14.1. The number of fused-ring (bicyclic) bond motifs is 1. The number of rotatable bonds is 4. The molecule has 0 N–H and O–H groups in total. The average Bonchev–Trinajstić information content (AvgIpc) is 2.56. The highest BCUT2D eigenvalue weighted by molar-refractivity contribution is 5.84. The van der Waals surface area contributed by atoms with E-state index in [-0.39, 0.29) is 29.3 Å². The first-order chi connectivity index (χ1) is 9.40. The van der Waals surface area contributed by atoms with Crippen molar-refractivity contribution in [1.82, 2.24) is 0 Å². The first-order valence-electron chi connectivity index (χ1n) is 8.14. The van der Waals surface area contributed by atoms with Crippen LogP contribution in [0, 0.1) is 29.1 Å². The summed E-state index contributed by atoms with van der Waals surface area (Å²) < 4.78 is 5.70. The largest absolute Gasteiger partial charge is 0.462 e. The van der Waals surface area contributed by atoms with E-state index < -0.39 is 0 Å². The second kappa shape index (κ2) is 4.85. The molecule has 4 bridgehead atoms. The lowest BCUT2D eigenvalue weighted by atomic mass is 9.61. The molecule has 0 aromatic rings. The van der Waals surface area contributed by atoms with Crippen molar-refractivity contribution in [2.24, 2.45) is 29.1 Å². The SMILES string of the molecule is CCC(C)(C)C(=O)CC1C2CC3CC(C2)C(=O)OC1C3. The van der Waals surface area contributed by atoms with Crippen molar-refractivity contribution in [2.45, 2.75) is 65.4 Å². The summed E-state index contributed by atoms with van der Waals surface area (Å²) >= 11 is 0. The Bertz CT molecular complexity index is 426. The Morgan fingerprint density at radius 2 is 2.00 bits per heavy atom. The van der Waals surface area contributed by atoms with E-state index >= 15 is 0 Å². The van der Waals surface area contributed by atoms with E-state index in [0.29, 0.717) is 24.0 Å². The molecule has 0 spiro atoms. The van der Waals surface area contributed by atoms with Gasteiger partial charge in [0.05, 0.1) is 5.92 Å². The fraction of sp³-hybridized carbons (Fsp3) is 0.882. The quantitative estimate of drug-likeness (QED) is 0.741. The summed E-state index contributed by atoms with van der Waals surface area (Å²) in [5.74, 6) is 1.92. The standard InChI is InChI=1S/C17H26O3/c1-4-17(2,3)15(18)9-13-11-5-10-6-12(8-11)16(19)20-14(13)7-10/h10-14H,4-9H2,1-3H3. The molecule has 2 saturated carbocycles. The molecule has 4 fully saturated rings. The predicted octanol–water partition coefficient (Wildman–Crippen LogP) is 3.36. The zero-order valence-corrected chi connectivity index (χ0v) is 12.9. The van der Waals surface area contributed by atoms with Gasteiger partial charge in [-0.2, -0.15) is 0 Å². The van der Waals surface area contributed by atoms with E-state index in [4.69, 9.17) is 4.74 Å². The van der Waals surface area contributed by atoms with Crippen LogP contribution in [-0.4, -0.2) is 17.9 Å². The normalized spacial score (nSPS) is 39.5. The lowest BCUT2D eigenvalue weighted by Crippen LogP contribution is -2.41. The van der Waals surface area contributed by atoms with Gasteiger partial charge in [0.25, 0.3) is 0 Å². The van der Waals surface area contributed by atoms with Gasteiger partial charge in [-0.25, -0.2) is 0 Å². The van der Waals surface area contributed by atoms with Crippen molar-refractivity contribution in [3.8, 4) is 0 Å². The Morgan fingerprint density at radius 1 is 1.25 bits per heavy atom. The summed E-state index contributed by atoms with van der Waals surface area (Å²) in [6.45, 7) is 6.14. The molecule has 4 aliphatic rings. The summed E-state index contributed by atoms with van der Waals surface area (Å²) in [5.41, 5.74) is -0.243. The van der Waals surface area contributed by atoms with Crippen LogP contribution in [0.4, 0.5) is 0 Å². The lowest BCUT2D eigenvalue weighted by Gasteiger charge is -2.42. The van der Waals surface area contributed by atoms with Crippen LogP contribution in [0.5, 0.6) is 0 Å². The van der Waals surface area contributed by atoms with Crippen LogP contribution in [-0.2, 0) is 14.3 Å². The minimum absolute atomic E-state index is 0.00639. The van der Waals surface area contributed by atoms with Crippen LogP contribution >= 0.6 is 0 Å². The minimum atomic E-state index is -0.243. The number of ketones is 1. The van der Waals surface area contributed by atoms with Gasteiger partial charge >= 0.3 is 5.97 Å². The Morgan fingerprint density at radius 3 is 2.70 bits per heavy atom. The fourth-order valence-electron chi connectivity index (χ4n) is 4.39. The minimum Gasteiger partial charge on any atom is -0.462 e. The molecule has 0 radical (unpaired) electrons. The number of ether oxygens (including phenoxy) is 1. The molecule has 5 unspecified atom stereocenters. The molecule has 0 aromatic heterocycles. The summed E-state index contributed by atoms with van der Waals surface area (Å²) in [7, 11) is 0. The summed E-state index contributed by atoms with van der Waals surface area (Å²) in [6.07, 6.45) is 5.65. The maximum absolute atomic E-state index is 12.5. The first-order valence-corrected chi connectivity index (χ1v) is 8.14. The van der Waals surface area contributed by atoms with Crippen molar-refractivity contribution in [1.29, 1.82) is 0 Å². The van der Waals surface area contributed by atoms with E-state index in [0.717, 1.165) is 25.7 Å². The Balaban J connectivity index is 1.77. The molecular formula is C17H26O3. The highest BCUT2D eigenvalue weighted by Crippen LogP contribution is 2.51.